The van der Waals surface area contributed by atoms with Crippen LogP contribution in [0, 0.1) is 5.92 Å². The lowest BCUT2D eigenvalue weighted by Gasteiger charge is -2.07. The lowest BCUT2D eigenvalue weighted by Crippen LogP contribution is -2.14. The summed E-state index contributed by atoms with van der Waals surface area (Å²) in [7, 11) is 0. The zero-order valence-corrected chi connectivity index (χ0v) is 10.8. The van der Waals surface area contributed by atoms with Gasteiger partial charge in [0.05, 0.1) is 0 Å². The Hall–Kier alpha value is -0.670. The number of halogens is 1. The molecule has 0 aromatic heterocycles. The largest absolute Gasteiger partial charge is 0.316 e. The van der Waals surface area contributed by atoms with E-state index >= 15 is 0 Å². The van der Waals surface area contributed by atoms with Crippen LogP contribution in [0.3, 0.4) is 0 Å². The molecule has 1 aromatic rings. The standard InChI is InChI=1S/C13H16BrNO/c14-12-3-1-2-10(6-12)7-13(16)8-11-4-5-15-9-11/h1-3,6,11,15H,4-5,7-9H2. The summed E-state index contributed by atoms with van der Waals surface area (Å²) in [6.45, 7) is 2.07. The Bertz CT molecular complexity index is 372. The van der Waals surface area contributed by atoms with Crippen LogP contribution in [0.1, 0.15) is 18.4 Å². The maximum Gasteiger partial charge on any atom is 0.137 e. The van der Waals surface area contributed by atoms with Gasteiger partial charge in [0.2, 0.25) is 0 Å². The highest BCUT2D eigenvalue weighted by Gasteiger charge is 2.17. The highest BCUT2D eigenvalue weighted by atomic mass is 79.9. The van der Waals surface area contributed by atoms with E-state index in [1.54, 1.807) is 0 Å². The van der Waals surface area contributed by atoms with Crippen LogP contribution < -0.4 is 5.32 Å². The second-order valence-corrected chi connectivity index (χ2v) is 5.32. The first kappa shape index (κ1) is 11.8. The highest BCUT2D eigenvalue weighted by Crippen LogP contribution is 2.16. The Morgan fingerprint density at radius 2 is 2.38 bits per heavy atom. The van der Waals surface area contributed by atoms with Gasteiger partial charge in [-0.3, -0.25) is 4.79 Å². The maximum atomic E-state index is 11.8. The topological polar surface area (TPSA) is 29.1 Å². The summed E-state index contributed by atoms with van der Waals surface area (Å²) in [6.07, 6.45) is 2.43. The molecule has 1 aliphatic rings. The molecule has 1 aromatic carbocycles. The first-order chi connectivity index (χ1) is 7.74. The van der Waals surface area contributed by atoms with Crippen molar-refractivity contribution in [3.8, 4) is 0 Å². The zero-order valence-electron chi connectivity index (χ0n) is 9.21. The fraction of sp³-hybridized carbons (Fsp3) is 0.462. The number of carbonyl (C=O) groups excluding carboxylic acids is 1. The SMILES string of the molecule is O=C(Cc1cccc(Br)c1)CC1CCNC1. The Morgan fingerprint density at radius 1 is 1.50 bits per heavy atom. The molecule has 1 N–H and O–H groups in total. The third-order valence-corrected chi connectivity index (χ3v) is 3.46. The predicted molar refractivity (Wildman–Crippen MR) is 68.4 cm³/mol. The van der Waals surface area contributed by atoms with Gasteiger partial charge in [-0.05, 0) is 43.1 Å². The lowest BCUT2D eigenvalue weighted by molar-refractivity contribution is -0.119. The van der Waals surface area contributed by atoms with Crippen molar-refractivity contribution >= 4 is 21.7 Å². The molecule has 16 heavy (non-hydrogen) atoms. The van der Waals surface area contributed by atoms with E-state index < -0.39 is 0 Å². The molecule has 1 heterocycles. The molecule has 2 nitrogen and oxygen atoms in total. The number of nitrogens with one attached hydrogen (secondary N) is 1. The molecule has 86 valence electrons. The van der Waals surface area contributed by atoms with Crippen molar-refractivity contribution in [1.82, 2.24) is 5.32 Å². The van der Waals surface area contributed by atoms with Crippen molar-refractivity contribution < 1.29 is 4.79 Å². The molecule has 0 bridgehead atoms. The predicted octanol–water partition coefficient (Wildman–Crippen LogP) is 2.56. The molecule has 0 spiro atoms. The van der Waals surface area contributed by atoms with Crippen molar-refractivity contribution in [2.75, 3.05) is 13.1 Å². The minimum Gasteiger partial charge on any atom is -0.316 e. The van der Waals surface area contributed by atoms with Gasteiger partial charge in [-0.15, -0.1) is 0 Å². The summed E-state index contributed by atoms with van der Waals surface area (Å²) in [5.41, 5.74) is 1.10. The van der Waals surface area contributed by atoms with Crippen molar-refractivity contribution in [3.63, 3.8) is 0 Å². The van der Waals surface area contributed by atoms with Gasteiger partial charge in [-0.25, -0.2) is 0 Å². The van der Waals surface area contributed by atoms with Gasteiger partial charge >= 0.3 is 0 Å². The van der Waals surface area contributed by atoms with E-state index in [-0.39, 0.29) is 0 Å². The first-order valence-corrected chi connectivity index (χ1v) is 6.50. The minimum absolute atomic E-state index is 0.354. The van der Waals surface area contributed by atoms with Crippen LogP contribution in [0.5, 0.6) is 0 Å². The van der Waals surface area contributed by atoms with Crippen LogP contribution in [-0.2, 0) is 11.2 Å². The summed E-state index contributed by atoms with van der Waals surface area (Å²) < 4.78 is 1.04. The first-order valence-electron chi connectivity index (χ1n) is 5.71. The number of benzene rings is 1. The lowest BCUT2D eigenvalue weighted by atomic mass is 9.98. The molecule has 2 rings (SSSR count). The smallest absolute Gasteiger partial charge is 0.137 e. The number of carbonyl (C=O) groups is 1. The Kier molecular flexibility index (Phi) is 4.13. The second kappa shape index (κ2) is 5.60. The minimum atomic E-state index is 0.354. The van der Waals surface area contributed by atoms with E-state index in [4.69, 9.17) is 0 Å². The Balaban J connectivity index is 1.86. The monoisotopic (exact) mass is 281 g/mol. The molecular formula is C13H16BrNO. The quantitative estimate of drug-likeness (QED) is 0.919. The van der Waals surface area contributed by atoms with E-state index in [9.17, 15) is 4.79 Å². The molecule has 1 atom stereocenters. The number of hydrogen-bond donors (Lipinski definition) is 1. The molecule has 1 aliphatic heterocycles. The fourth-order valence-corrected chi connectivity index (χ4v) is 2.60. The zero-order chi connectivity index (χ0) is 11.4. The van der Waals surface area contributed by atoms with E-state index in [1.165, 1.54) is 0 Å². The molecule has 0 radical (unpaired) electrons. The molecular weight excluding hydrogens is 266 g/mol. The molecule has 0 aliphatic carbocycles. The third-order valence-electron chi connectivity index (χ3n) is 2.97. The highest BCUT2D eigenvalue weighted by molar-refractivity contribution is 9.10. The van der Waals surface area contributed by atoms with Crippen LogP contribution in [0.4, 0.5) is 0 Å². The number of ketones is 1. The number of hydrogen-bond acceptors (Lipinski definition) is 2. The van der Waals surface area contributed by atoms with Gasteiger partial charge < -0.3 is 5.32 Å². The van der Waals surface area contributed by atoms with Gasteiger partial charge in [-0.2, -0.15) is 0 Å². The summed E-state index contributed by atoms with van der Waals surface area (Å²) in [4.78, 5) is 11.8. The third kappa shape index (κ3) is 3.42. The van der Waals surface area contributed by atoms with Crippen LogP contribution in [0.2, 0.25) is 0 Å². The average Bonchev–Trinajstić information content (AvgIpc) is 2.70. The Labute approximate surface area is 105 Å². The van der Waals surface area contributed by atoms with Crippen LogP contribution in [-0.4, -0.2) is 18.9 Å². The van der Waals surface area contributed by atoms with Gasteiger partial charge in [0.25, 0.3) is 0 Å². The second-order valence-electron chi connectivity index (χ2n) is 4.41. The molecule has 1 saturated heterocycles. The van der Waals surface area contributed by atoms with Crippen molar-refractivity contribution in [3.05, 3.63) is 34.3 Å². The van der Waals surface area contributed by atoms with E-state index in [0.717, 1.165) is 36.0 Å². The van der Waals surface area contributed by atoms with Crippen LogP contribution >= 0.6 is 15.9 Å². The summed E-state index contributed by atoms with van der Waals surface area (Å²) in [6, 6.07) is 7.99. The van der Waals surface area contributed by atoms with E-state index in [2.05, 4.69) is 21.2 Å². The molecule has 0 amide bonds. The molecule has 1 fully saturated rings. The van der Waals surface area contributed by atoms with Crippen LogP contribution in [0.15, 0.2) is 28.7 Å². The summed E-state index contributed by atoms with van der Waals surface area (Å²) in [5, 5.41) is 3.29. The molecule has 3 heteroatoms. The number of rotatable bonds is 4. The van der Waals surface area contributed by atoms with E-state index in [1.807, 2.05) is 24.3 Å². The number of Topliss-reactive ketones (excluding diaryl/α,β-unsaturated/α-hetero) is 1. The van der Waals surface area contributed by atoms with Gasteiger partial charge in [0, 0.05) is 17.3 Å². The summed E-state index contributed by atoms with van der Waals surface area (Å²) in [5.74, 6) is 0.909. The van der Waals surface area contributed by atoms with E-state index in [0.29, 0.717) is 18.1 Å². The van der Waals surface area contributed by atoms with Crippen LogP contribution in [0.25, 0.3) is 0 Å². The van der Waals surface area contributed by atoms with Crippen molar-refractivity contribution in [1.29, 1.82) is 0 Å². The summed E-state index contributed by atoms with van der Waals surface area (Å²) >= 11 is 3.42. The van der Waals surface area contributed by atoms with Gasteiger partial charge in [-0.1, -0.05) is 28.1 Å². The maximum absolute atomic E-state index is 11.8. The molecule has 0 saturated carbocycles. The van der Waals surface area contributed by atoms with Gasteiger partial charge in [0.15, 0.2) is 0 Å². The average molecular weight is 282 g/mol. The normalized spacial score (nSPS) is 19.9. The fourth-order valence-electron chi connectivity index (χ4n) is 2.16. The van der Waals surface area contributed by atoms with Crippen molar-refractivity contribution in [2.45, 2.75) is 19.3 Å². The molecule has 1 unspecified atom stereocenters. The Morgan fingerprint density at radius 3 is 3.06 bits per heavy atom. The van der Waals surface area contributed by atoms with Gasteiger partial charge in [0.1, 0.15) is 5.78 Å². The van der Waals surface area contributed by atoms with Crippen molar-refractivity contribution in [2.24, 2.45) is 5.92 Å².